The quantitative estimate of drug-likeness (QED) is 0.380. The number of aliphatic carboxylic acids is 1. The molecule has 0 aromatic carbocycles. The van der Waals surface area contributed by atoms with Crippen molar-refractivity contribution >= 4 is 5.97 Å². The van der Waals surface area contributed by atoms with Gasteiger partial charge in [0.2, 0.25) is 0 Å². The smallest absolute Gasteiger partial charge is 0.335 e. The van der Waals surface area contributed by atoms with E-state index in [1.54, 1.807) is 0 Å². The van der Waals surface area contributed by atoms with E-state index in [-0.39, 0.29) is 11.3 Å². The number of hydrogen-bond donors (Lipinski definition) is 2. The van der Waals surface area contributed by atoms with E-state index in [4.69, 9.17) is 10.2 Å². The molecule has 0 rings (SSSR count). The van der Waals surface area contributed by atoms with E-state index < -0.39 is 5.97 Å². The summed E-state index contributed by atoms with van der Waals surface area (Å²) in [4.78, 5) is 10.4. The molecule has 0 heterocycles. The Hall–Kier alpha value is -1.77. The van der Waals surface area contributed by atoms with Gasteiger partial charge in [-0.2, -0.15) is 0 Å². The topological polar surface area (TPSA) is 57.5 Å². The Bertz CT molecular complexity index is 259. The van der Waals surface area contributed by atoms with E-state index in [0.29, 0.717) is 0 Å². The molecule has 3 nitrogen and oxygen atoms in total. The molecule has 12 heavy (non-hydrogen) atoms. The van der Waals surface area contributed by atoms with Crippen LogP contribution in [0.15, 0.2) is 48.8 Å². The van der Waals surface area contributed by atoms with Gasteiger partial charge in [0.1, 0.15) is 5.76 Å². The van der Waals surface area contributed by atoms with Crippen LogP contribution >= 0.6 is 0 Å². The van der Waals surface area contributed by atoms with Crippen LogP contribution in [0.25, 0.3) is 0 Å². The largest absolute Gasteiger partial charge is 0.508 e. The first kappa shape index (κ1) is 10.2. The van der Waals surface area contributed by atoms with Crippen molar-refractivity contribution in [2.24, 2.45) is 0 Å². The van der Waals surface area contributed by atoms with Gasteiger partial charge in [0, 0.05) is 0 Å². The van der Waals surface area contributed by atoms with E-state index in [1.807, 2.05) is 0 Å². The summed E-state index contributed by atoms with van der Waals surface area (Å²) in [6, 6.07) is 0. The number of aliphatic hydroxyl groups excluding tert-OH is 1. The highest BCUT2D eigenvalue weighted by atomic mass is 16.4. The minimum atomic E-state index is -1.09. The molecule has 3 heteroatoms. The number of rotatable bonds is 4. The van der Waals surface area contributed by atoms with Crippen molar-refractivity contribution in [3.8, 4) is 0 Å². The maximum Gasteiger partial charge on any atom is 0.335 e. The van der Waals surface area contributed by atoms with Crippen LogP contribution in [0.2, 0.25) is 0 Å². The second-order valence-electron chi connectivity index (χ2n) is 1.93. The zero-order valence-corrected chi connectivity index (χ0v) is 6.53. The van der Waals surface area contributed by atoms with E-state index in [1.165, 1.54) is 24.3 Å². The number of allylic oxidation sites excluding steroid dienone is 3. The third-order valence-corrected chi connectivity index (χ3v) is 1.11. The van der Waals surface area contributed by atoms with Crippen molar-refractivity contribution in [2.75, 3.05) is 0 Å². The van der Waals surface area contributed by atoms with Crippen LogP contribution in [0.5, 0.6) is 0 Å². The van der Waals surface area contributed by atoms with Crippen molar-refractivity contribution in [3.05, 3.63) is 48.8 Å². The standard InChI is InChI=1S/C9H10O3/c1-3-7(9(11)12)5-6-8(10)4-2/h3-6,10H,1-2H2,(H,11,12)/b7-5+,8-6+. The first-order chi connectivity index (χ1) is 5.61. The SMILES string of the molecule is C=C/C(O)=C\C=C(/C=C)C(=O)O. The van der Waals surface area contributed by atoms with Gasteiger partial charge in [-0.05, 0) is 18.2 Å². The molecule has 0 fully saturated rings. The van der Waals surface area contributed by atoms with Crippen LogP contribution < -0.4 is 0 Å². The molecule has 0 aliphatic heterocycles. The summed E-state index contributed by atoms with van der Waals surface area (Å²) in [6.45, 7) is 6.59. The number of carboxylic acid groups (broad SMARTS) is 1. The molecule has 0 unspecified atom stereocenters. The lowest BCUT2D eigenvalue weighted by molar-refractivity contribution is -0.132. The lowest BCUT2D eigenvalue weighted by Crippen LogP contribution is -1.96. The van der Waals surface area contributed by atoms with Crippen LogP contribution in [0.1, 0.15) is 0 Å². The summed E-state index contributed by atoms with van der Waals surface area (Å²) in [6.07, 6.45) is 4.87. The third kappa shape index (κ3) is 3.41. The van der Waals surface area contributed by atoms with Gasteiger partial charge in [0.25, 0.3) is 0 Å². The summed E-state index contributed by atoms with van der Waals surface area (Å²) in [7, 11) is 0. The third-order valence-electron chi connectivity index (χ3n) is 1.11. The molecule has 64 valence electrons. The van der Waals surface area contributed by atoms with E-state index in [2.05, 4.69) is 13.2 Å². The molecule has 0 amide bonds. The summed E-state index contributed by atoms with van der Waals surface area (Å²) >= 11 is 0. The molecule has 0 aromatic heterocycles. The monoisotopic (exact) mass is 166 g/mol. The first-order valence-corrected chi connectivity index (χ1v) is 3.21. The number of aliphatic hydroxyl groups is 1. The van der Waals surface area contributed by atoms with Crippen LogP contribution in [-0.2, 0) is 4.79 Å². The summed E-state index contributed by atoms with van der Waals surface area (Å²) in [5, 5.41) is 17.3. The van der Waals surface area contributed by atoms with Crippen molar-refractivity contribution < 1.29 is 15.0 Å². The zero-order chi connectivity index (χ0) is 9.56. The second kappa shape index (κ2) is 4.96. The lowest BCUT2D eigenvalue weighted by atomic mass is 10.2. The predicted molar refractivity (Wildman–Crippen MR) is 46.8 cm³/mol. The summed E-state index contributed by atoms with van der Waals surface area (Å²) in [5.74, 6) is -1.17. The highest BCUT2D eigenvalue weighted by Crippen LogP contribution is 1.98. The summed E-state index contributed by atoms with van der Waals surface area (Å²) < 4.78 is 0. The van der Waals surface area contributed by atoms with Crippen molar-refractivity contribution in [1.82, 2.24) is 0 Å². The molecule has 2 N–H and O–H groups in total. The average molecular weight is 166 g/mol. The molecule has 0 bridgehead atoms. The van der Waals surface area contributed by atoms with Crippen molar-refractivity contribution in [2.45, 2.75) is 0 Å². The van der Waals surface area contributed by atoms with Crippen molar-refractivity contribution in [1.29, 1.82) is 0 Å². The minimum absolute atomic E-state index is 0.0170. The van der Waals surface area contributed by atoms with E-state index in [9.17, 15) is 4.79 Å². The molecule has 0 saturated heterocycles. The van der Waals surface area contributed by atoms with Crippen LogP contribution in [0, 0.1) is 0 Å². The van der Waals surface area contributed by atoms with Gasteiger partial charge in [-0.3, -0.25) is 0 Å². The molecule has 0 saturated carbocycles. The van der Waals surface area contributed by atoms with Gasteiger partial charge in [0.05, 0.1) is 5.57 Å². The first-order valence-electron chi connectivity index (χ1n) is 3.21. The van der Waals surface area contributed by atoms with Gasteiger partial charge in [-0.15, -0.1) is 0 Å². The fraction of sp³-hybridized carbons (Fsp3) is 0. The normalized spacial score (nSPS) is 12.3. The van der Waals surface area contributed by atoms with Crippen LogP contribution in [0.3, 0.4) is 0 Å². The maximum atomic E-state index is 10.4. The minimum Gasteiger partial charge on any atom is -0.508 e. The fourth-order valence-electron chi connectivity index (χ4n) is 0.470. The highest BCUT2D eigenvalue weighted by Gasteiger charge is 1.98. The molecule has 0 spiro atoms. The molecule has 0 radical (unpaired) electrons. The Morgan fingerprint density at radius 2 is 1.67 bits per heavy atom. The van der Waals surface area contributed by atoms with Crippen molar-refractivity contribution in [3.63, 3.8) is 0 Å². The molecule has 0 aliphatic rings. The zero-order valence-electron chi connectivity index (χ0n) is 6.53. The van der Waals surface area contributed by atoms with Gasteiger partial charge in [-0.25, -0.2) is 4.79 Å². The Kier molecular flexibility index (Phi) is 4.23. The average Bonchev–Trinajstić information content (AvgIpc) is 2.04. The molecule has 0 aliphatic carbocycles. The van der Waals surface area contributed by atoms with E-state index in [0.717, 1.165) is 0 Å². The fourth-order valence-corrected chi connectivity index (χ4v) is 0.470. The Morgan fingerprint density at radius 3 is 2.00 bits per heavy atom. The van der Waals surface area contributed by atoms with Gasteiger partial charge in [0.15, 0.2) is 0 Å². The van der Waals surface area contributed by atoms with Crippen LogP contribution in [-0.4, -0.2) is 16.2 Å². The molecule has 0 aromatic rings. The number of hydrogen-bond acceptors (Lipinski definition) is 2. The predicted octanol–water partition coefficient (Wildman–Crippen LogP) is 1.81. The van der Waals surface area contributed by atoms with Gasteiger partial charge >= 0.3 is 5.97 Å². The molecular formula is C9H10O3. The highest BCUT2D eigenvalue weighted by molar-refractivity contribution is 5.89. The van der Waals surface area contributed by atoms with Gasteiger partial charge < -0.3 is 10.2 Å². The van der Waals surface area contributed by atoms with E-state index >= 15 is 0 Å². The molecular weight excluding hydrogens is 156 g/mol. The number of carboxylic acids is 1. The Labute approximate surface area is 70.7 Å². The molecule has 0 atom stereocenters. The Balaban J connectivity index is 4.62. The van der Waals surface area contributed by atoms with Gasteiger partial charge in [-0.1, -0.05) is 19.2 Å². The maximum absolute atomic E-state index is 10.4. The van der Waals surface area contributed by atoms with Crippen LogP contribution in [0.4, 0.5) is 0 Å². The Morgan fingerprint density at radius 1 is 1.08 bits per heavy atom. The second-order valence-corrected chi connectivity index (χ2v) is 1.93. The lowest BCUT2D eigenvalue weighted by Gasteiger charge is -1.90. The number of carbonyl (C=O) groups is 1. The summed E-state index contributed by atoms with van der Waals surface area (Å²) in [5.41, 5.74) is 0.0170.